The van der Waals surface area contributed by atoms with Crippen molar-refractivity contribution in [2.75, 3.05) is 53.0 Å². The maximum atomic E-state index is 5.90. The van der Waals surface area contributed by atoms with Gasteiger partial charge in [-0.15, -0.1) is 0 Å². The van der Waals surface area contributed by atoms with Gasteiger partial charge in [-0.1, -0.05) is 35.9 Å². The number of nitrogens with zero attached hydrogens (tertiary/aromatic N) is 2. The second-order valence-electron chi connectivity index (χ2n) is 7.32. The summed E-state index contributed by atoms with van der Waals surface area (Å²) in [5, 5.41) is 0.769. The number of halogens is 1. The Morgan fingerprint density at radius 2 is 1.61 bits per heavy atom. The van der Waals surface area contributed by atoms with Crippen LogP contribution in [-0.4, -0.2) is 62.8 Å². The van der Waals surface area contributed by atoms with Crippen molar-refractivity contribution in [3.63, 3.8) is 0 Å². The van der Waals surface area contributed by atoms with Crippen LogP contribution in [0.5, 0.6) is 5.75 Å². The summed E-state index contributed by atoms with van der Waals surface area (Å²) in [6.07, 6.45) is 2.30. The van der Waals surface area contributed by atoms with E-state index in [9.17, 15) is 0 Å². The molecule has 1 heterocycles. The molecule has 0 N–H and O–H groups in total. The third-order valence-electron chi connectivity index (χ3n) is 5.27. The molecular weight excluding hydrogens is 372 g/mol. The third-order valence-corrected chi connectivity index (χ3v) is 5.52. The molecule has 0 aliphatic carbocycles. The number of ether oxygens (including phenoxy) is 2. The topological polar surface area (TPSA) is 24.9 Å². The highest BCUT2D eigenvalue weighted by molar-refractivity contribution is 6.30. The van der Waals surface area contributed by atoms with Crippen LogP contribution in [0.3, 0.4) is 0 Å². The predicted octanol–water partition coefficient (Wildman–Crippen LogP) is 4.12. The van der Waals surface area contributed by atoms with E-state index < -0.39 is 0 Å². The summed E-state index contributed by atoms with van der Waals surface area (Å²) in [6.45, 7) is 8.15. The van der Waals surface area contributed by atoms with E-state index >= 15 is 0 Å². The highest BCUT2D eigenvalue weighted by Gasteiger charge is 2.16. The highest BCUT2D eigenvalue weighted by Crippen LogP contribution is 2.14. The summed E-state index contributed by atoms with van der Waals surface area (Å²) in [5.74, 6) is 0.949. The zero-order chi connectivity index (χ0) is 19.6. The van der Waals surface area contributed by atoms with Crippen LogP contribution in [0.1, 0.15) is 17.5 Å². The fraction of sp³-hybridized carbons (Fsp3) is 0.478. The number of methoxy groups -OCH3 is 1. The molecule has 0 atom stereocenters. The van der Waals surface area contributed by atoms with Crippen LogP contribution in [0.15, 0.2) is 48.5 Å². The number of aryl methyl sites for hydroxylation is 1. The van der Waals surface area contributed by atoms with E-state index in [1.807, 2.05) is 30.3 Å². The standard InChI is InChI=1S/C23H31ClN2O2/c1-27-23-6-2-4-20(18-23)5-3-11-25-12-14-26(15-13-25)16-17-28-19-21-7-9-22(24)10-8-21/h2,4,6-10,18H,3,5,11-17,19H2,1H3. The molecule has 0 spiro atoms. The van der Waals surface area contributed by atoms with Crippen molar-refractivity contribution in [1.82, 2.24) is 9.80 Å². The van der Waals surface area contributed by atoms with Gasteiger partial charge in [0.05, 0.1) is 20.3 Å². The number of rotatable bonds is 10. The summed E-state index contributed by atoms with van der Waals surface area (Å²) in [4.78, 5) is 5.08. The lowest BCUT2D eigenvalue weighted by Gasteiger charge is -2.34. The van der Waals surface area contributed by atoms with Gasteiger partial charge in [-0.3, -0.25) is 4.90 Å². The van der Waals surface area contributed by atoms with Crippen LogP contribution >= 0.6 is 11.6 Å². The number of hydrogen-bond donors (Lipinski definition) is 0. The Labute approximate surface area is 174 Å². The Balaban J connectivity index is 1.25. The summed E-state index contributed by atoms with van der Waals surface area (Å²) >= 11 is 5.90. The van der Waals surface area contributed by atoms with Crippen LogP contribution in [0.25, 0.3) is 0 Å². The van der Waals surface area contributed by atoms with Gasteiger partial charge in [-0.05, 0) is 54.8 Å². The zero-order valence-corrected chi connectivity index (χ0v) is 17.5. The monoisotopic (exact) mass is 402 g/mol. The molecule has 1 saturated heterocycles. The zero-order valence-electron chi connectivity index (χ0n) is 16.8. The molecule has 2 aromatic rings. The van der Waals surface area contributed by atoms with Crippen molar-refractivity contribution in [3.05, 3.63) is 64.7 Å². The van der Waals surface area contributed by atoms with Crippen LogP contribution < -0.4 is 4.74 Å². The van der Waals surface area contributed by atoms with Gasteiger partial charge in [0.2, 0.25) is 0 Å². The lowest BCUT2D eigenvalue weighted by Crippen LogP contribution is -2.47. The minimum Gasteiger partial charge on any atom is -0.497 e. The smallest absolute Gasteiger partial charge is 0.119 e. The average Bonchev–Trinajstić information content (AvgIpc) is 2.74. The first-order chi connectivity index (χ1) is 13.7. The van der Waals surface area contributed by atoms with Gasteiger partial charge in [0.15, 0.2) is 0 Å². The Morgan fingerprint density at radius 3 is 2.32 bits per heavy atom. The van der Waals surface area contributed by atoms with E-state index in [1.165, 1.54) is 17.5 Å². The Hall–Kier alpha value is -1.59. The Morgan fingerprint density at radius 1 is 0.893 bits per heavy atom. The number of piperazine rings is 1. The average molecular weight is 403 g/mol. The Bertz CT molecular complexity index is 700. The van der Waals surface area contributed by atoms with Gasteiger partial charge < -0.3 is 14.4 Å². The highest BCUT2D eigenvalue weighted by atomic mass is 35.5. The van der Waals surface area contributed by atoms with Gasteiger partial charge in [0.1, 0.15) is 5.75 Å². The molecule has 3 rings (SSSR count). The first-order valence-electron chi connectivity index (χ1n) is 10.1. The maximum Gasteiger partial charge on any atom is 0.119 e. The van der Waals surface area contributed by atoms with E-state index in [0.717, 1.165) is 63.1 Å². The normalized spacial score (nSPS) is 15.6. The van der Waals surface area contributed by atoms with E-state index in [2.05, 4.69) is 28.0 Å². The van der Waals surface area contributed by atoms with E-state index in [0.29, 0.717) is 6.61 Å². The minimum atomic E-state index is 0.654. The quantitative estimate of drug-likeness (QED) is 0.558. The SMILES string of the molecule is COc1cccc(CCCN2CCN(CCOCc3ccc(Cl)cc3)CC2)c1. The third kappa shape index (κ3) is 7.10. The van der Waals surface area contributed by atoms with Gasteiger partial charge in [-0.2, -0.15) is 0 Å². The van der Waals surface area contributed by atoms with Crippen molar-refractivity contribution < 1.29 is 9.47 Å². The van der Waals surface area contributed by atoms with Crippen LogP contribution in [0, 0.1) is 0 Å². The summed E-state index contributed by atoms with van der Waals surface area (Å²) in [7, 11) is 1.72. The molecule has 4 nitrogen and oxygen atoms in total. The Kier molecular flexibility index (Phi) is 8.62. The first kappa shape index (κ1) is 21.1. The molecule has 0 amide bonds. The molecule has 28 heavy (non-hydrogen) atoms. The molecule has 0 radical (unpaired) electrons. The molecule has 1 aliphatic heterocycles. The van der Waals surface area contributed by atoms with E-state index in [-0.39, 0.29) is 0 Å². The molecule has 2 aromatic carbocycles. The van der Waals surface area contributed by atoms with Crippen molar-refractivity contribution in [3.8, 4) is 5.75 Å². The summed E-state index contributed by atoms with van der Waals surface area (Å²) in [6, 6.07) is 16.3. The van der Waals surface area contributed by atoms with Crippen molar-refractivity contribution in [2.24, 2.45) is 0 Å². The van der Waals surface area contributed by atoms with E-state index in [1.54, 1.807) is 7.11 Å². The predicted molar refractivity (Wildman–Crippen MR) is 115 cm³/mol. The molecule has 152 valence electrons. The molecule has 1 aliphatic rings. The fourth-order valence-corrected chi connectivity index (χ4v) is 3.66. The first-order valence-corrected chi connectivity index (χ1v) is 10.5. The summed E-state index contributed by atoms with van der Waals surface area (Å²) in [5.41, 5.74) is 2.53. The molecule has 0 saturated carbocycles. The van der Waals surface area contributed by atoms with Crippen molar-refractivity contribution >= 4 is 11.6 Å². The van der Waals surface area contributed by atoms with Crippen LogP contribution in [-0.2, 0) is 17.8 Å². The number of hydrogen-bond acceptors (Lipinski definition) is 4. The van der Waals surface area contributed by atoms with Crippen molar-refractivity contribution in [1.29, 1.82) is 0 Å². The van der Waals surface area contributed by atoms with Crippen molar-refractivity contribution in [2.45, 2.75) is 19.4 Å². The lowest BCUT2D eigenvalue weighted by molar-refractivity contribution is 0.0682. The molecule has 5 heteroatoms. The van der Waals surface area contributed by atoms with Gasteiger partial charge in [0, 0.05) is 37.7 Å². The number of benzene rings is 2. The minimum absolute atomic E-state index is 0.654. The largest absolute Gasteiger partial charge is 0.497 e. The van der Waals surface area contributed by atoms with Gasteiger partial charge >= 0.3 is 0 Å². The van der Waals surface area contributed by atoms with E-state index in [4.69, 9.17) is 21.1 Å². The second-order valence-corrected chi connectivity index (χ2v) is 7.75. The van der Waals surface area contributed by atoms with Crippen LogP contribution in [0.4, 0.5) is 0 Å². The second kappa shape index (κ2) is 11.4. The lowest BCUT2D eigenvalue weighted by atomic mass is 10.1. The van der Waals surface area contributed by atoms with Crippen LogP contribution in [0.2, 0.25) is 5.02 Å². The molecule has 0 aromatic heterocycles. The molecule has 1 fully saturated rings. The molecule has 0 bridgehead atoms. The molecular formula is C23H31ClN2O2. The van der Waals surface area contributed by atoms with Gasteiger partial charge in [-0.25, -0.2) is 0 Å². The fourth-order valence-electron chi connectivity index (χ4n) is 3.54. The molecule has 0 unspecified atom stereocenters. The van der Waals surface area contributed by atoms with Gasteiger partial charge in [0.25, 0.3) is 0 Å². The summed E-state index contributed by atoms with van der Waals surface area (Å²) < 4.78 is 11.1. The maximum absolute atomic E-state index is 5.90.